The van der Waals surface area contributed by atoms with Crippen LogP contribution in [-0.2, 0) is 10.0 Å². The zero-order valence-corrected chi connectivity index (χ0v) is 15.5. The van der Waals surface area contributed by atoms with E-state index in [0.717, 1.165) is 43.6 Å². The summed E-state index contributed by atoms with van der Waals surface area (Å²) in [6, 6.07) is 9.61. The molecule has 0 aromatic heterocycles. The molecular formula is C18H19ClF2N2O2S. The molecule has 140 valence electrons. The van der Waals surface area contributed by atoms with Crippen molar-refractivity contribution >= 4 is 21.6 Å². The molecule has 1 heterocycles. The van der Waals surface area contributed by atoms with E-state index < -0.39 is 21.7 Å². The normalized spacial score (nSPS) is 16.7. The summed E-state index contributed by atoms with van der Waals surface area (Å²) in [6.07, 6.45) is 2.08. The maximum atomic E-state index is 13.4. The molecule has 1 aliphatic heterocycles. The molecule has 0 spiro atoms. The number of sulfonamides is 1. The summed E-state index contributed by atoms with van der Waals surface area (Å²) in [5.41, 5.74) is 0.837. The number of nitrogens with zero attached hydrogens (tertiary/aromatic N) is 1. The zero-order chi connectivity index (χ0) is 18.7. The number of rotatable bonds is 6. The molecule has 26 heavy (non-hydrogen) atoms. The van der Waals surface area contributed by atoms with Crippen molar-refractivity contribution in [3.63, 3.8) is 0 Å². The van der Waals surface area contributed by atoms with Crippen LogP contribution in [0.4, 0.5) is 8.78 Å². The van der Waals surface area contributed by atoms with Crippen molar-refractivity contribution in [1.82, 2.24) is 9.62 Å². The molecule has 1 unspecified atom stereocenters. The highest BCUT2D eigenvalue weighted by molar-refractivity contribution is 7.89. The van der Waals surface area contributed by atoms with Crippen molar-refractivity contribution in [2.45, 2.75) is 23.8 Å². The zero-order valence-electron chi connectivity index (χ0n) is 14.0. The van der Waals surface area contributed by atoms with Crippen LogP contribution in [0.15, 0.2) is 47.4 Å². The van der Waals surface area contributed by atoms with Crippen molar-refractivity contribution < 1.29 is 17.2 Å². The molecule has 1 fully saturated rings. The maximum Gasteiger partial charge on any atom is 0.240 e. The number of likely N-dealkylation sites (tertiary alicyclic amines) is 1. The van der Waals surface area contributed by atoms with Gasteiger partial charge in [0, 0.05) is 17.6 Å². The first-order valence-corrected chi connectivity index (χ1v) is 10.2. The summed E-state index contributed by atoms with van der Waals surface area (Å²) in [5, 5.41) is 0.566. The Morgan fingerprint density at radius 2 is 1.77 bits per heavy atom. The van der Waals surface area contributed by atoms with Crippen molar-refractivity contribution in [3.8, 4) is 0 Å². The van der Waals surface area contributed by atoms with E-state index in [1.165, 1.54) is 0 Å². The van der Waals surface area contributed by atoms with Gasteiger partial charge in [-0.1, -0.05) is 29.8 Å². The van der Waals surface area contributed by atoms with E-state index >= 15 is 0 Å². The van der Waals surface area contributed by atoms with Gasteiger partial charge in [0.1, 0.15) is 0 Å². The van der Waals surface area contributed by atoms with Gasteiger partial charge in [0.25, 0.3) is 0 Å². The number of halogens is 3. The molecule has 1 saturated heterocycles. The average molecular weight is 401 g/mol. The summed E-state index contributed by atoms with van der Waals surface area (Å²) < 4.78 is 53.9. The van der Waals surface area contributed by atoms with Gasteiger partial charge in [0.05, 0.1) is 4.90 Å². The lowest BCUT2D eigenvalue weighted by Gasteiger charge is -2.28. The highest BCUT2D eigenvalue weighted by atomic mass is 35.5. The van der Waals surface area contributed by atoms with Crippen molar-refractivity contribution in [2.75, 3.05) is 19.6 Å². The van der Waals surface area contributed by atoms with Crippen LogP contribution in [0.5, 0.6) is 0 Å². The Balaban J connectivity index is 1.83. The van der Waals surface area contributed by atoms with E-state index in [-0.39, 0.29) is 17.5 Å². The number of nitrogens with one attached hydrogen (secondary N) is 1. The first-order valence-electron chi connectivity index (χ1n) is 8.32. The molecular weight excluding hydrogens is 382 g/mol. The smallest absolute Gasteiger partial charge is 0.240 e. The molecule has 2 aromatic carbocycles. The van der Waals surface area contributed by atoms with Gasteiger partial charge in [0.15, 0.2) is 11.6 Å². The average Bonchev–Trinajstić information content (AvgIpc) is 3.13. The molecule has 0 bridgehead atoms. The summed E-state index contributed by atoms with van der Waals surface area (Å²) >= 11 is 6.31. The molecule has 3 rings (SSSR count). The summed E-state index contributed by atoms with van der Waals surface area (Å²) in [7, 11) is -3.97. The van der Waals surface area contributed by atoms with Gasteiger partial charge >= 0.3 is 0 Å². The molecule has 1 aliphatic rings. The number of benzene rings is 2. The lowest BCUT2D eigenvalue weighted by Crippen LogP contribution is -2.37. The Bertz CT molecular complexity index is 887. The minimum Gasteiger partial charge on any atom is -0.295 e. The topological polar surface area (TPSA) is 49.4 Å². The quantitative estimate of drug-likeness (QED) is 0.803. The Morgan fingerprint density at radius 3 is 2.42 bits per heavy atom. The van der Waals surface area contributed by atoms with Gasteiger partial charge < -0.3 is 0 Å². The van der Waals surface area contributed by atoms with Gasteiger partial charge in [-0.3, -0.25) is 4.90 Å². The van der Waals surface area contributed by atoms with Crippen molar-refractivity contribution in [2.24, 2.45) is 0 Å². The Hall–Kier alpha value is -1.54. The summed E-state index contributed by atoms with van der Waals surface area (Å²) in [4.78, 5) is 1.87. The predicted molar refractivity (Wildman–Crippen MR) is 96.5 cm³/mol. The SMILES string of the molecule is O=S(=O)(NCC(c1ccccc1Cl)N1CCCC1)c1ccc(F)c(F)c1. The van der Waals surface area contributed by atoms with E-state index in [2.05, 4.69) is 9.62 Å². The van der Waals surface area contributed by atoms with Crippen LogP contribution in [0, 0.1) is 11.6 Å². The second-order valence-corrected chi connectivity index (χ2v) is 8.38. The fraction of sp³-hybridized carbons (Fsp3) is 0.333. The van der Waals surface area contributed by atoms with Crippen molar-refractivity contribution in [1.29, 1.82) is 0 Å². The van der Waals surface area contributed by atoms with Crippen LogP contribution >= 0.6 is 11.6 Å². The molecule has 0 radical (unpaired) electrons. The van der Waals surface area contributed by atoms with Crippen LogP contribution in [0.1, 0.15) is 24.4 Å². The van der Waals surface area contributed by atoms with Crippen molar-refractivity contribution in [3.05, 3.63) is 64.7 Å². The van der Waals surface area contributed by atoms with E-state index in [9.17, 15) is 17.2 Å². The largest absolute Gasteiger partial charge is 0.295 e. The lowest BCUT2D eigenvalue weighted by molar-refractivity contribution is 0.246. The molecule has 0 saturated carbocycles. The Morgan fingerprint density at radius 1 is 1.08 bits per heavy atom. The monoisotopic (exact) mass is 400 g/mol. The highest BCUT2D eigenvalue weighted by Gasteiger charge is 2.27. The molecule has 8 heteroatoms. The third-order valence-corrected chi connectivity index (χ3v) is 6.28. The molecule has 1 atom stereocenters. The standard InChI is InChI=1S/C18H19ClF2N2O2S/c19-15-6-2-1-5-14(15)18(23-9-3-4-10-23)12-22-26(24,25)13-7-8-16(20)17(21)11-13/h1-2,5-8,11,18,22H,3-4,9-10,12H2. The van der Waals surface area contributed by atoms with Gasteiger partial charge in [0.2, 0.25) is 10.0 Å². The fourth-order valence-corrected chi connectivity index (χ4v) is 4.46. The van der Waals surface area contributed by atoms with Crippen LogP contribution < -0.4 is 4.72 Å². The third kappa shape index (κ3) is 4.23. The van der Waals surface area contributed by atoms with Gasteiger partial charge in [-0.05, 0) is 55.8 Å². The minimum absolute atomic E-state index is 0.0884. The fourth-order valence-electron chi connectivity index (χ4n) is 3.15. The molecule has 4 nitrogen and oxygen atoms in total. The van der Waals surface area contributed by atoms with E-state index in [1.54, 1.807) is 6.07 Å². The molecule has 2 aromatic rings. The summed E-state index contributed by atoms with van der Waals surface area (Å²) in [6.45, 7) is 1.79. The third-order valence-electron chi connectivity index (χ3n) is 4.51. The highest BCUT2D eigenvalue weighted by Crippen LogP contribution is 2.30. The first-order chi connectivity index (χ1) is 12.4. The van der Waals surface area contributed by atoms with Gasteiger partial charge in [-0.25, -0.2) is 21.9 Å². The minimum atomic E-state index is -3.97. The van der Waals surface area contributed by atoms with Crippen LogP contribution in [0.2, 0.25) is 5.02 Å². The second-order valence-electron chi connectivity index (χ2n) is 6.21. The number of hydrogen-bond donors (Lipinski definition) is 1. The Kier molecular flexibility index (Phi) is 5.92. The maximum absolute atomic E-state index is 13.4. The molecule has 0 amide bonds. The van der Waals surface area contributed by atoms with Crippen LogP contribution in [-0.4, -0.2) is 33.0 Å². The van der Waals surface area contributed by atoms with E-state index in [0.29, 0.717) is 11.1 Å². The van der Waals surface area contributed by atoms with Gasteiger partial charge in [-0.2, -0.15) is 0 Å². The predicted octanol–water partition coefficient (Wildman–Crippen LogP) is 3.73. The van der Waals surface area contributed by atoms with Crippen LogP contribution in [0.25, 0.3) is 0 Å². The summed E-state index contributed by atoms with van der Waals surface area (Å²) in [5.74, 6) is -2.29. The lowest BCUT2D eigenvalue weighted by atomic mass is 10.1. The molecule has 0 aliphatic carbocycles. The number of hydrogen-bond acceptors (Lipinski definition) is 3. The molecule has 1 N–H and O–H groups in total. The van der Waals surface area contributed by atoms with E-state index in [4.69, 9.17) is 11.6 Å². The first kappa shape index (κ1) is 19.2. The van der Waals surface area contributed by atoms with Crippen LogP contribution in [0.3, 0.4) is 0 Å². The Labute approximate surface area is 156 Å². The second kappa shape index (κ2) is 8.00. The van der Waals surface area contributed by atoms with Gasteiger partial charge in [-0.15, -0.1) is 0 Å². The van der Waals surface area contributed by atoms with E-state index in [1.807, 2.05) is 18.2 Å².